The highest BCUT2D eigenvalue weighted by atomic mass is 19.1. The van der Waals surface area contributed by atoms with E-state index in [9.17, 15) is 28.4 Å². The molecular formula is C36H40FN5O6. The average Bonchev–Trinajstić information content (AvgIpc) is 3.77. The van der Waals surface area contributed by atoms with Crippen molar-refractivity contribution in [2.24, 2.45) is 0 Å². The molecule has 0 radical (unpaired) electrons. The highest BCUT2D eigenvalue weighted by molar-refractivity contribution is 6.00. The minimum atomic E-state index is -0.958. The van der Waals surface area contributed by atoms with Crippen LogP contribution in [0.1, 0.15) is 52.8 Å². The fraction of sp³-hybridized carbons (Fsp3) is 0.417. The number of hydrogen-bond donors (Lipinski definition) is 1. The third-order valence-electron chi connectivity index (χ3n) is 9.61. The number of nitrogens with zero attached hydrogens (tertiary/aromatic N) is 4. The van der Waals surface area contributed by atoms with E-state index in [-0.39, 0.29) is 67.5 Å². The summed E-state index contributed by atoms with van der Waals surface area (Å²) in [5.74, 6) is -2.37. The summed E-state index contributed by atoms with van der Waals surface area (Å²) in [7, 11) is 3.01. The molecule has 0 spiro atoms. The molecule has 252 valence electrons. The second kappa shape index (κ2) is 14.0. The number of rotatable bonds is 3. The second-order valence-corrected chi connectivity index (χ2v) is 12.9. The summed E-state index contributed by atoms with van der Waals surface area (Å²) >= 11 is 0. The molecular weight excluding hydrogens is 617 g/mol. The van der Waals surface area contributed by atoms with Gasteiger partial charge in [0.15, 0.2) is 0 Å². The first-order valence-corrected chi connectivity index (χ1v) is 16.4. The molecule has 5 amide bonds. The Kier molecular flexibility index (Phi) is 9.61. The van der Waals surface area contributed by atoms with Crippen molar-refractivity contribution in [1.29, 1.82) is 0 Å². The molecule has 0 saturated carbocycles. The molecule has 11 nitrogen and oxygen atoms in total. The van der Waals surface area contributed by atoms with Gasteiger partial charge in [0.25, 0.3) is 11.8 Å². The van der Waals surface area contributed by atoms with Gasteiger partial charge in [-0.2, -0.15) is 0 Å². The predicted octanol–water partition coefficient (Wildman–Crippen LogP) is 3.07. The Balaban J connectivity index is 1.25. The summed E-state index contributed by atoms with van der Waals surface area (Å²) in [6.45, 7) is 1.07. The Morgan fingerprint density at radius 1 is 0.917 bits per heavy atom. The van der Waals surface area contributed by atoms with E-state index < -0.39 is 29.8 Å². The van der Waals surface area contributed by atoms with E-state index >= 15 is 0 Å². The fourth-order valence-corrected chi connectivity index (χ4v) is 6.86. The van der Waals surface area contributed by atoms with Crippen LogP contribution >= 0.6 is 0 Å². The Labute approximate surface area is 278 Å². The van der Waals surface area contributed by atoms with Gasteiger partial charge in [0.2, 0.25) is 17.7 Å². The normalized spacial score (nSPS) is 22.6. The van der Waals surface area contributed by atoms with Gasteiger partial charge in [-0.05, 0) is 66.8 Å². The molecule has 3 atom stereocenters. The number of carbonyl (C=O) groups is 5. The van der Waals surface area contributed by atoms with Crippen molar-refractivity contribution in [2.75, 3.05) is 46.9 Å². The highest BCUT2D eigenvalue weighted by Gasteiger charge is 2.39. The topological polar surface area (TPSA) is 120 Å². The van der Waals surface area contributed by atoms with Crippen LogP contribution in [0, 0.1) is 5.82 Å². The summed E-state index contributed by atoms with van der Waals surface area (Å²) in [5, 5.41) is 4.99. The molecule has 48 heavy (non-hydrogen) atoms. The molecule has 3 aromatic carbocycles. The largest absolute Gasteiger partial charge is 0.491 e. The van der Waals surface area contributed by atoms with Gasteiger partial charge in [0, 0.05) is 51.8 Å². The Morgan fingerprint density at radius 2 is 1.67 bits per heavy atom. The van der Waals surface area contributed by atoms with Crippen molar-refractivity contribution in [3.63, 3.8) is 0 Å². The number of carbonyl (C=O) groups excluding carboxylic acids is 5. The monoisotopic (exact) mass is 657 g/mol. The first-order chi connectivity index (χ1) is 23.1. The van der Waals surface area contributed by atoms with Gasteiger partial charge in [-0.3, -0.25) is 24.0 Å². The first kappa shape index (κ1) is 32.9. The lowest BCUT2D eigenvalue weighted by molar-refractivity contribution is -0.141. The van der Waals surface area contributed by atoms with E-state index in [1.807, 2.05) is 36.4 Å². The number of ether oxygens (including phenoxy) is 1. The number of nitrogens with one attached hydrogen (secondary N) is 1. The second-order valence-electron chi connectivity index (χ2n) is 12.9. The van der Waals surface area contributed by atoms with Crippen LogP contribution in [0.15, 0.2) is 60.7 Å². The molecule has 3 aromatic rings. The number of likely N-dealkylation sites (N-methyl/N-ethyl adjacent to an activating group) is 2. The van der Waals surface area contributed by atoms with E-state index in [4.69, 9.17) is 4.74 Å². The van der Waals surface area contributed by atoms with Gasteiger partial charge in [-0.15, -0.1) is 0 Å². The van der Waals surface area contributed by atoms with Crippen LogP contribution in [-0.2, 0) is 14.4 Å². The molecule has 0 unspecified atom stereocenters. The summed E-state index contributed by atoms with van der Waals surface area (Å²) in [6.07, 6.45) is 2.03. The number of benzene rings is 3. The number of hydrogen-bond acceptors (Lipinski definition) is 6. The summed E-state index contributed by atoms with van der Waals surface area (Å²) in [5.41, 5.74) is 0.429. The van der Waals surface area contributed by atoms with Crippen LogP contribution < -0.4 is 10.1 Å². The lowest BCUT2D eigenvalue weighted by Gasteiger charge is -2.31. The standard InChI is InChI=1S/C36H40FN5O6/c1-39-21-33(44)42-20-27(38-34(45)25-10-9-23-7-3-4-8-24(23)17-25)19-28(42)22-48-31-13-11-26(37)18-29(31)35(46)40(2)30(12-14-32(39)43)36(47)41-15-5-6-16-41/h3-4,7-11,13,17-18,27-28,30H,5-6,12,14-16,19-22H2,1-2H3,(H,38,45)/t27-,28-,30+/m0/s1. The van der Waals surface area contributed by atoms with Crippen LogP contribution in [-0.4, -0.2) is 114 Å². The van der Waals surface area contributed by atoms with Crippen molar-refractivity contribution in [2.45, 2.75) is 50.2 Å². The van der Waals surface area contributed by atoms with Crippen molar-refractivity contribution in [3.8, 4) is 5.75 Å². The van der Waals surface area contributed by atoms with Crippen LogP contribution in [0.2, 0.25) is 0 Å². The minimum absolute atomic E-state index is 0.0374. The maximum absolute atomic E-state index is 14.5. The zero-order chi connectivity index (χ0) is 33.9. The molecule has 0 aliphatic carbocycles. The van der Waals surface area contributed by atoms with Crippen LogP contribution in [0.4, 0.5) is 4.39 Å². The van der Waals surface area contributed by atoms with E-state index in [0.29, 0.717) is 25.1 Å². The Bertz CT molecular complexity index is 1740. The maximum atomic E-state index is 14.5. The Morgan fingerprint density at radius 3 is 2.44 bits per heavy atom. The van der Waals surface area contributed by atoms with Crippen LogP contribution in [0.3, 0.4) is 0 Å². The molecule has 2 saturated heterocycles. The van der Waals surface area contributed by atoms with E-state index in [0.717, 1.165) is 29.7 Å². The molecule has 2 fully saturated rings. The smallest absolute Gasteiger partial charge is 0.258 e. The first-order valence-electron chi connectivity index (χ1n) is 16.4. The molecule has 3 aliphatic rings. The van der Waals surface area contributed by atoms with Gasteiger partial charge in [0.05, 0.1) is 18.2 Å². The zero-order valence-electron chi connectivity index (χ0n) is 27.2. The number of likely N-dealkylation sites (tertiary alicyclic amines) is 1. The van der Waals surface area contributed by atoms with Crippen LogP contribution in [0.5, 0.6) is 5.75 Å². The lowest BCUT2D eigenvalue weighted by atomic mass is 10.1. The number of halogens is 1. The SMILES string of the molecule is CN1CC(=O)N2C[C@@H](NC(=O)c3ccc4ccccc4c3)C[C@H]2COc2ccc(F)cc2C(=O)N(C)[C@@H](C(=O)N2CCCC2)CCC1=O. The highest BCUT2D eigenvalue weighted by Crippen LogP contribution is 2.27. The van der Waals surface area contributed by atoms with E-state index in [1.165, 1.54) is 36.0 Å². The Hall–Kier alpha value is -5.00. The van der Waals surface area contributed by atoms with Crippen LogP contribution in [0.25, 0.3) is 10.8 Å². The van der Waals surface area contributed by atoms with Crippen molar-refractivity contribution < 1.29 is 33.1 Å². The van der Waals surface area contributed by atoms with Gasteiger partial charge < -0.3 is 29.7 Å². The lowest BCUT2D eigenvalue weighted by Crippen LogP contribution is -2.49. The molecule has 0 bridgehead atoms. The number of amides is 5. The fourth-order valence-electron chi connectivity index (χ4n) is 6.86. The molecule has 12 heteroatoms. The van der Waals surface area contributed by atoms with Crippen molar-refractivity contribution in [1.82, 2.24) is 24.9 Å². The summed E-state index contributed by atoms with van der Waals surface area (Å²) in [6, 6.07) is 15.0. The maximum Gasteiger partial charge on any atom is 0.258 e. The van der Waals surface area contributed by atoms with Gasteiger partial charge >= 0.3 is 0 Å². The van der Waals surface area contributed by atoms with Crippen molar-refractivity contribution >= 4 is 40.3 Å². The summed E-state index contributed by atoms with van der Waals surface area (Å²) < 4.78 is 20.7. The third-order valence-corrected chi connectivity index (χ3v) is 9.61. The van der Waals surface area contributed by atoms with Gasteiger partial charge in [0.1, 0.15) is 24.2 Å². The number of fused-ring (bicyclic) bond motifs is 3. The molecule has 6 rings (SSSR count). The van der Waals surface area contributed by atoms with Gasteiger partial charge in [-0.1, -0.05) is 30.3 Å². The van der Waals surface area contributed by atoms with Gasteiger partial charge in [-0.25, -0.2) is 4.39 Å². The molecule has 0 aromatic heterocycles. The quantitative estimate of drug-likeness (QED) is 0.463. The minimum Gasteiger partial charge on any atom is -0.491 e. The predicted molar refractivity (Wildman–Crippen MR) is 176 cm³/mol. The van der Waals surface area contributed by atoms with E-state index in [1.54, 1.807) is 15.9 Å². The molecule has 1 N–H and O–H groups in total. The van der Waals surface area contributed by atoms with Crippen molar-refractivity contribution in [3.05, 3.63) is 77.6 Å². The summed E-state index contributed by atoms with van der Waals surface area (Å²) in [4.78, 5) is 73.5. The average molecular weight is 658 g/mol. The van der Waals surface area contributed by atoms with E-state index in [2.05, 4.69) is 5.32 Å². The molecule has 3 aliphatic heterocycles. The third kappa shape index (κ3) is 6.97. The zero-order valence-corrected chi connectivity index (χ0v) is 27.2. The molecule has 3 heterocycles.